The van der Waals surface area contributed by atoms with Crippen LogP contribution >= 0.6 is 0 Å². The first-order chi connectivity index (χ1) is 21.0. The van der Waals surface area contributed by atoms with Crippen LogP contribution in [0, 0.1) is 18.6 Å². The Morgan fingerprint density at radius 2 is 1.84 bits per heavy atom. The van der Waals surface area contributed by atoms with Crippen molar-refractivity contribution in [2.75, 3.05) is 26.4 Å². The van der Waals surface area contributed by atoms with Gasteiger partial charge in [-0.15, -0.1) is 5.10 Å². The quantitative estimate of drug-likeness (QED) is 0.160. The van der Waals surface area contributed by atoms with Gasteiger partial charge in [0, 0.05) is 18.2 Å². The fourth-order valence-corrected chi connectivity index (χ4v) is 3.81. The van der Waals surface area contributed by atoms with Gasteiger partial charge in [-0.05, 0) is 61.7 Å². The lowest BCUT2D eigenvalue weighted by Crippen LogP contribution is -2.51. The van der Waals surface area contributed by atoms with Crippen LogP contribution in [0.5, 0.6) is 0 Å². The van der Waals surface area contributed by atoms with Crippen LogP contribution in [0.4, 0.5) is 13.6 Å². The van der Waals surface area contributed by atoms with Crippen LogP contribution in [0.2, 0.25) is 0 Å². The van der Waals surface area contributed by atoms with Gasteiger partial charge >= 0.3 is 12.1 Å². The van der Waals surface area contributed by atoms with Crippen LogP contribution in [-0.2, 0) is 32.2 Å². The second kappa shape index (κ2) is 16.4. The predicted molar refractivity (Wildman–Crippen MR) is 153 cm³/mol. The molecule has 4 N–H and O–H groups in total. The Balaban J connectivity index is 1.43. The first-order valence-corrected chi connectivity index (χ1v) is 14.0. The van der Waals surface area contributed by atoms with E-state index in [1.54, 1.807) is 12.1 Å². The van der Waals surface area contributed by atoms with Crippen LogP contribution in [0.3, 0.4) is 0 Å². The van der Waals surface area contributed by atoms with E-state index in [0.717, 1.165) is 17.7 Å². The van der Waals surface area contributed by atoms with Crippen LogP contribution in [0.15, 0.2) is 42.5 Å². The Bertz CT molecular complexity index is 1410. The molecule has 1 aromatic heterocycles. The molecular formula is C29H37F2N7O6. The number of hydrogen-bond donors (Lipinski definition) is 3. The Labute approximate surface area is 253 Å². The standard InChI is InChI=1S/C29H37F2N7O6/c1-19-8-4-5-9-22(19)26(39)43-14-7-6-12-33-28(41)44-15-13-38-25(35-36-37-38)24(34-27(40)29(2,3)32)18-42-17-20-10-11-21(30)16-23(20)31/h4-5,8-11,16,24H,6-7,12-15,17-18,32H2,1-3H3,(H,33,41)(H,34,40). The summed E-state index contributed by atoms with van der Waals surface area (Å²) in [5, 5.41) is 16.8. The summed E-state index contributed by atoms with van der Waals surface area (Å²) in [7, 11) is 0. The molecule has 0 saturated carbocycles. The maximum Gasteiger partial charge on any atom is 0.407 e. The number of unbranched alkanes of at least 4 members (excludes halogenated alkanes) is 1. The summed E-state index contributed by atoms with van der Waals surface area (Å²) in [6.07, 6.45) is 0.457. The zero-order valence-corrected chi connectivity index (χ0v) is 24.8. The monoisotopic (exact) mass is 617 g/mol. The zero-order chi connectivity index (χ0) is 32.1. The van der Waals surface area contributed by atoms with Crippen LogP contribution in [0.1, 0.15) is 60.0 Å². The van der Waals surface area contributed by atoms with Gasteiger partial charge in [0.05, 0.1) is 37.5 Å². The summed E-state index contributed by atoms with van der Waals surface area (Å²) in [5.74, 6) is -2.20. The number of alkyl carbamates (subject to hydrolysis) is 1. The van der Waals surface area contributed by atoms with Gasteiger partial charge < -0.3 is 30.6 Å². The number of tetrazole rings is 1. The van der Waals surface area contributed by atoms with E-state index in [9.17, 15) is 23.2 Å². The highest BCUT2D eigenvalue weighted by Crippen LogP contribution is 2.15. The number of nitrogens with two attached hydrogens (primary N) is 1. The Morgan fingerprint density at radius 1 is 1.07 bits per heavy atom. The number of carbonyl (C=O) groups is 3. The minimum absolute atomic E-state index is 0.0512. The molecule has 0 bridgehead atoms. The predicted octanol–water partition coefficient (Wildman–Crippen LogP) is 2.73. The van der Waals surface area contributed by atoms with E-state index in [-0.39, 0.29) is 50.3 Å². The van der Waals surface area contributed by atoms with Crippen molar-refractivity contribution in [1.82, 2.24) is 30.8 Å². The second-order valence-corrected chi connectivity index (χ2v) is 10.5. The first kappa shape index (κ1) is 34.0. The van der Waals surface area contributed by atoms with Crippen LogP contribution in [0.25, 0.3) is 0 Å². The number of rotatable bonds is 16. The maximum absolute atomic E-state index is 14.0. The molecule has 0 fully saturated rings. The number of amides is 2. The fraction of sp³-hybridized carbons (Fsp3) is 0.448. The Kier molecular flexibility index (Phi) is 12.7. The van der Waals surface area contributed by atoms with Crippen LogP contribution in [-0.4, -0.2) is 70.1 Å². The number of benzene rings is 2. The average Bonchev–Trinajstić information content (AvgIpc) is 3.43. The molecule has 2 amide bonds. The molecule has 2 aromatic carbocycles. The van der Waals surface area contributed by atoms with E-state index in [4.69, 9.17) is 19.9 Å². The molecule has 1 atom stereocenters. The SMILES string of the molecule is Cc1ccccc1C(=O)OCCCCNC(=O)OCCn1nnnc1C(COCc1ccc(F)cc1F)NC(=O)C(C)(C)N. The van der Waals surface area contributed by atoms with E-state index >= 15 is 0 Å². The van der Waals surface area contributed by atoms with Crippen molar-refractivity contribution in [2.45, 2.75) is 58.3 Å². The van der Waals surface area contributed by atoms with Gasteiger partial charge in [-0.2, -0.15) is 0 Å². The average molecular weight is 618 g/mol. The van der Waals surface area contributed by atoms with Gasteiger partial charge in [0.15, 0.2) is 5.82 Å². The minimum atomic E-state index is -1.23. The summed E-state index contributed by atoms with van der Waals surface area (Å²) < 4.78 is 44.6. The van der Waals surface area contributed by atoms with E-state index in [1.807, 2.05) is 19.1 Å². The number of ether oxygens (including phenoxy) is 3. The van der Waals surface area contributed by atoms with Crippen molar-refractivity contribution < 1.29 is 37.4 Å². The van der Waals surface area contributed by atoms with Crippen molar-refractivity contribution in [3.8, 4) is 0 Å². The summed E-state index contributed by atoms with van der Waals surface area (Å²) in [6, 6.07) is 9.38. The highest BCUT2D eigenvalue weighted by Gasteiger charge is 2.28. The number of aryl methyl sites for hydroxylation is 1. The third-order valence-corrected chi connectivity index (χ3v) is 6.29. The van der Waals surface area contributed by atoms with Gasteiger partial charge in [-0.1, -0.05) is 24.3 Å². The number of aromatic nitrogens is 4. The Hall–Kier alpha value is -4.50. The summed E-state index contributed by atoms with van der Waals surface area (Å²) in [4.78, 5) is 36.9. The fourth-order valence-electron chi connectivity index (χ4n) is 3.81. The van der Waals surface area contributed by atoms with Crippen molar-refractivity contribution in [2.24, 2.45) is 5.73 Å². The van der Waals surface area contributed by atoms with E-state index in [1.165, 1.54) is 24.6 Å². The molecule has 0 radical (unpaired) electrons. The number of nitrogens with one attached hydrogen (secondary N) is 2. The number of halogens is 2. The number of nitrogens with zero attached hydrogens (tertiary/aromatic N) is 4. The summed E-state index contributed by atoms with van der Waals surface area (Å²) in [5.41, 5.74) is 6.16. The lowest BCUT2D eigenvalue weighted by atomic mass is 10.1. The van der Waals surface area contributed by atoms with Gasteiger partial charge in [-0.25, -0.2) is 23.1 Å². The first-order valence-electron chi connectivity index (χ1n) is 14.0. The lowest BCUT2D eigenvalue weighted by Gasteiger charge is -2.23. The minimum Gasteiger partial charge on any atom is -0.462 e. The molecule has 13 nitrogen and oxygen atoms in total. The summed E-state index contributed by atoms with van der Waals surface area (Å²) in [6.45, 7) is 4.98. The van der Waals surface area contributed by atoms with Gasteiger partial charge in [-0.3, -0.25) is 4.79 Å². The molecule has 0 saturated heterocycles. The number of hydrogen-bond acceptors (Lipinski definition) is 10. The van der Waals surface area contributed by atoms with E-state index in [0.29, 0.717) is 24.9 Å². The molecule has 15 heteroatoms. The van der Waals surface area contributed by atoms with E-state index in [2.05, 4.69) is 26.2 Å². The topological polar surface area (TPSA) is 173 Å². The zero-order valence-electron chi connectivity index (χ0n) is 24.8. The summed E-state index contributed by atoms with van der Waals surface area (Å²) >= 11 is 0. The largest absolute Gasteiger partial charge is 0.462 e. The molecule has 0 aliphatic carbocycles. The highest BCUT2D eigenvalue weighted by molar-refractivity contribution is 5.90. The van der Waals surface area contributed by atoms with Crippen LogP contribution < -0.4 is 16.4 Å². The lowest BCUT2D eigenvalue weighted by molar-refractivity contribution is -0.126. The maximum atomic E-state index is 14.0. The molecule has 0 aliphatic heterocycles. The number of carbonyl (C=O) groups excluding carboxylic acids is 3. The molecule has 3 rings (SSSR count). The van der Waals surface area contributed by atoms with Crippen molar-refractivity contribution in [1.29, 1.82) is 0 Å². The van der Waals surface area contributed by atoms with Crippen molar-refractivity contribution in [3.05, 3.63) is 76.6 Å². The molecule has 1 heterocycles. The smallest absolute Gasteiger partial charge is 0.407 e. The number of esters is 1. The molecule has 3 aromatic rings. The van der Waals surface area contributed by atoms with Crippen molar-refractivity contribution in [3.63, 3.8) is 0 Å². The molecular weight excluding hydrogens is 580 g/mol. The Morgan fingerprint density at radius 3 is 2.57 bits per heavy atom. The third-order valence-electron chi connectivity index (χ3n) is 6.29. The van der Waals surface area contributed by atoms with E-state index < -0.39 is 35.2 Å². The molecule has 1 unspecified atom stereocenters. The normalized spacial score (nSPS) is 12.0. The highest BCUT2D eigenvalue weighted by atomic mass is 19.1. The van der Waals surface area contributed by atoms with Gasteiger partial charge in [0.2, 0.25) is 5.91 Å². The molecule has 0 aliphatic rings. The molecule has 44 heavy (non-hydrogen) atoms. The van der Waals surface area contributed by atoms with Gasteiger partial charge in [0.1, 0.15) is 24.3 Å². The van der Waals surface area contributed by atoms with Crippen molar-refractivity contribution >= 4 is 18.0 Å². The molecule has 0 spiro atoms. The third kappa shape index (κ3) is 10.6. The second-order valence-electron chi connectivity index (χ2n) is 10.5. The molecule has 238 valence electrons. The van der Waals surface area contributed by atoms with Gasteiger partial charge in [0.25, 0.3) is 0 Å².